The van der Waals surface area contributed by atoms with Crippen LogP contribution < -0.4 is 5.32 Å². The van der Waals surface area contributed by atoms with Gasteiger partial charge in [0.2, 0.25) is 0 Å². The van der Waals surface area contributed by atoms with Gasteiger partial charge in [-0.15, -0.1) is 0 Å². The number of thioether (sulfide) groups is 1. The molecule has 1 aliphatic heterocycles. The smallest absolute Gasteiger partial charge is 0.158 e. The fraction of sp³-hybridized carbons (Fsp3) is 0.692. The molecule has 0 radical (unpaired) electrons. The molecule has 1 atom stereocenters. The molecule has 1 aromatic heterocycles. The number of aromatic nitrogens is 2. The van der Waals surface area contributed by atoms with Crippen LogP contribution in [-0.4, -0.2) is 34.6 Å². The average molecular weight is 267 g/mol. The molecule has 2 rings (SSSR count). The van der Waals surface area contributed by atoms with Gasteiger partial charge in [0.25, 0.3) is 0 Å². The molecule has 1 aromatic rings. The number of hydrogen-bond acceptors (Lipinski definition) is 5. The molecular weight excluding hydrogens is 246 g/mol. The molecule has 1 fully saturated rings. The molecule has 0 bridgehead atoms. The van der Waals surface area contributed by atoms with Crippen molar-refractivity contribution in [2.45, 2.75) is 33.4 Å². The molecule has 2 heterocycles. The number of ether oxygens (including phenoxy) is 1. The van der Waals surface area contributed by atoms with Crippen LogP contribution >= 0.6 is 11.8 Å². The molecule has 4 nitrogen and oxygen atoms in total. The minimum atomic E-state index is 0.0642. The summed E-state index contributed by atoms with van der Waals surface area (Å²) in [7, 11) is 0. The number of nitrogens with one attached hydrogen (secondary N) is 1. The lowest BCUT2D eigenvalue weighted by molar-refractivity contribution is 0.0691. The third-order valence-corrected chi connectivity index (χ3v) is 4.09. The lowest BCUT2D eigenvalue weighted by atomic mass is 10.1. The van der Waals surface area contributed by atoms with Gasteiger partial charge < -0.3 is 10.1 Å². The third kappa shape index (κ3) is 3.22. The van der Waals surface area contributed by atoms with Gasteiger partial charge in [0, 0.05) is 35.0 Å². The molecular formula is C13H21N3OS. The lowest BCUT2D eigenvalue weighted by Gasteiger charge is -2.22. The van der Waals surface area contributed by atoms with Crippen molar-refractivity contribution in [3.8, 4) is 0 Å². The van der Waals surface area contributed by atoms with Gasteiger partial charge in [0.15, 0.2) is 5.82 Å². The second kappa shape index (κ2) is 6.50. The van der Waals surface area contributed by atoms with E-state index in [1.165, 1.54) is 5.56 Å². The molecule has 1 saturated heterocycles. The minimum absolute atomic E-state index is 0.0642. The summed E-state index contributed by atoms with van der Waals surface area (Å²) in [5.41, 5.74) is 3.35. The first kappa shape index (κ1) is 13.8. The highest BCUT2D eigenvalue weighted by atomic mass is 32.2. The Morgan fingerprint density at radius 3 is 2.61 bits per heavy atom. The standard InChI is InChI=1S/C13H21N3OS/c1-4-14-7-11-9(2)15-13(16-10(11)3)12-8-18-6-5-17-12/h12,14H,4-8H2,1-3H3. The summed E-state index contributed by atoms with van der Waals surface area (Å²) in [5, 5.41) is 3.33. The SMILES string of the molecule is CCNCc1c(C)nc(C2CSCCO2)nc1C. The molecule has 0 aromatic carbocycles. The van der Waals surface area contributed by atoms with E-state index in [4.69, 9.17) is 4.74 Å². The van der Waals surface area contributed by atoms with Gasteiger partial charge in [0.1, 0.15) is 6.10 Å². The first-order valence-electron chi connectivity index (χ1n) is 6.46. The van der Waals surface area contributed by atoms with Crippen LogP contribution in [0.15, 0.2) is 0 Å². The first-order chi connectivity index (χ1) is 8.72. The number of rotatable bonds is 4. The Morgan fingerprint density at radius 2 is 2.06 bits per heavy atom. The molecule has 100 valence electrons. The summed E-state index contributed by atoms with van der Waals surface area (Å²) in [6.45, 7) is 8.82. The summed E-state index contributed by atoms with van der Waals surface area (Å²) < 4.78 is 5.73. The Balaban J connectivity index is 2.18. The summed E-state index contributed by atoms with van der Waals surface area (Å²) in [6, 6.07) is 0. The van der Waals surface area contributed by atoms with Gasteiger partial charge >= 0.3 is 0 Å². The largest absolute Gasteiger partial charge is 0.368 e. The Morgan fingerprint density at radius 1 is 1.33 bits per heavy atom. The van der Waals surface area contributed by atoms with E-state index in [1.807, 2.05) is 11.8 Å². The van der Waals surface area contributed by atoms with Crippen molar-refractivity contribution < 1.29 is 4.74 Å². The number of hydrogen-bond donors (Lipinski definition) is 1. The van der Waals surface area contributed by atoms with E-state index < -0.39 is 0 Å². The quantitative estimate of drug-likeness (QED) is 0.904. The highest BCUT2D eigenvalue weighted by Gasteiger charge is 2.20. The van der Waals surface area contributed by atoms with Crippen LogP contribution in [0.4, 0.5) is 0 Å². The zero-order valence-electron chi connectivity index (χ0n) is 11.3. The maximum absolute atomic E-state index is 5.73. The van der Waals surface area contributed by atoms with Crippen molar-refractivity contribution in [1.82, 2.24) is 15.3 Å². The summed E-state index contributed by atoms with van der Waals surface area (Å²) in [4.78, 5) is 9.24. The van der Waals surface area contributed by atoms with Crippen molar-refractivity contribution in [2.75, 3.05) is 24.7 Å². The topological polar surface area (TPSA) is 47.0 Å². The molecule has 1 unspecified atom stereocenters. The van der Waals surface area contributed by atoms with Crippen LogP contribution in [0.1, 0.15) is 35.8 Å². The Hall–Kier alpha value is -0.650. The van der Waals surface area contributed by atoms with Crippen molar-refractivity contribution >= 4 is 11.8 Å². The Labute approximate surface area is 113 Å². The second-order valence-electron chi connectivity index (χ2n) is 4.45. The highest BCUT2D eigenvalue weighted by Crippen LogP contribution is 2.25. The van der Waals surface area contributed by atoms with Crippen molar-refractivity contribution in [3.63, 3.8) is 0 Å². The molecule has 0 spiro atoms. The molecule has 1 N–H and O–H groups in total. The predicted molar refractivity (Wildman–Crippen MR) is 74.9 cm³/mol. The van der Waals surface area contributed by atoms with E-state index in [-0.39, 0.29) is 6.10 Å². The highest BCUT2D eigenvalue weighted by molar-refractivity contribution is 7.99. The third-order valence-electron chi connectivity index (χ3n) is 3.09. The van der Waals surface area contributed by atoms with Crippen molar-refractivity contribution in [3.05, 3.63) is 22.8 Å². The Bertz CT molecular complexity index is 382. The fourth-order valence-electron chi connectivity index (χ4n) is 2.05. The fourth-order valence-corrected chi connectivity index (χ4v) is 2.89. The second-order valence-corrected chi connectivity index (χ2v) is 5.60. The molecule has 18 heavy (non-hydrogen) atoms. The molecule has 0 aliphatic carbocycles. The normalized spacial score (nSPS) is 20.1. The summed E-state index contributed by atoms with van der Waals surface area (Å²) in [6.07, 6.45) is 0.0642. The van der Waals surface area contributed by atoms with Crippen LogP contribution in [0, 0.1) is 13.8 Å². The first-order valence-corrected chi connectivity index (χ1v) is 7.62. The van der Waals surface area contributed by atoms with Crippen molar-refractivity contribution in [1.29, 1.82) is 0 Å². The maximum atomic E-state index is 5.73. The average Bonchev–Trinajstić information content (AvgIpc) is 2.39. The Kier molecular flexibility index (Phi) is 4.97. The van der Waals surface area contributed by atoms with Gasteiger partial charge in [-0.1, -0.05) is 6.92 Å². The number of aryl methyl sites for hydroxylation is 2. The number of nitrogens with zero attached hydrogens (tertiary/aromatic N) is 2. The lowest BCUT2D eigenvalue weighted by Crippen LogP contribution is -2.21. The monoisotopic (exact) mass is 267 g/mol. The van der Waals surface area contributed by atoms with Crippen LogP contribution in [0.5, 0.6) is 0 Å². The van der Waals surface area contributed by atoms with Gasteiger partial charge in [-0.3, -0.25) is 0 Å². The molecule has 1 aliphatic rings. The van der Waals surface area contributed by atoms with Gasteiger partial charge in [-0.25, -0.2) is 9.97 Å². The van der Waals surface area contributed by atoms with Crippen LogP contribution in [0.3, 0.4) is 0 Å². The molecule has 0 saturated carbocycles. The van der Waals surface area contributed by atoms with E-state index in [9.17, 15) is 0 Å². The summed E-state index contributed by atoms with van der Waals surface area (Å²) in [5.74, 6) is 2.88. The van der Waals surface area contributed by atoms with Gasteiger partial charge in [-0.2, -0.15) is 11.8 Å². The minimum Gasteiger partial charge on any atom is -0.368 e. The van der Waals surface area contributed by atoms with Crippen LogP contribution in [0.2, 0.25) is 0 Å². The zero-order chi connectivity index (χ0) is 13.0. The van der Waals surface area contributed by atoms with E-state index in [0.29, 0.717) is 0 Å². The van der Waals surface area contributed by atoms with E-state index in [0.717, 1.165) is 48.4 Å². The summed E-state index contributed by atoms with van der Waals surface area (Å²) >= 11 is 1.91. The van der Waals surface area contributed by atoms with E-state index >= 15 is 0 Å². The van der Waals surface area contributed by atoms with E-state index in [1.54, 1.807) is 0 Å². The van der Waals surface area contributed by atoms with Crippen molar-refractivity contribution in [2.24, 2.45) is 0 Å². The van der Waals surface area contributed by atoms with Crippen LogP contribution in [0.25, 0.3) is 0 Å². The molecule has 5 heteroatoms. The predicted octanol–water partition coefficient (Wildman–Crippen LogP) is 2.01. The van der Waals surface area contributed by atoms with Gasteiger partial charge in [-0.05, 0) is 20.4 Å². The molecule has 0 amide bonds. The van der Waals surface area contributed by atoms with E-state index in [2.05, 4.69) is 36.1 Å². The zero-order valence-corrected chi connectivity index (χ0v) is 12.1. The van der Waals surface area contributed by atoms with Crippen LogP contribution in [-0.2, 0) is 11.3 Å². The van der Waals surface area contributed by atoms with Gasteiger partial charge in [0.05, 0.1) is 6.61 Å². The maximum Gasteiger partial charge on any atom is 0.158 e.